The molecule has 166 valence electrons. The van der Waals surface area contributed by atoms with Crippen LogP contribution in [0.2, 0.25) is 0 Å². The van der Waals surface area contributed by atoms with Crippen molar-refractivity contribution in [3.8, 4) is 0 Å². The van der Waals surface area contributed by atoms with E-state index in [4.69, 9.17) is 4.74 Å². The Balaban J connectivity index is 1.76. The second kappa shape index (κ2) is 10.8. The number of carbonyl (C=O) groups is 2. The zero-order valence-corrected chi connectivity index (χ0v) is 18.5. The van der Waals surface area contributed by atoms with Gasteiger partial charge in [0.05, 0.1) is 11.5 Å². The van der Waals surface area contributed by atoms with Crippen molar-refractivity contribution >= 4 is 30.1 Å². The molecule has 31 heavy (non-hydrogen) atoms. The van der Waals surface area contributed by atoms with E-state index in [1.165, 1.54) is 24.3 Å². The van der Waals surface area contributed by atoms with E-state index >= 15 is 0 Å². The van der Waals surface area contributed by atoms with Gasteiger partial charge in [-0.25, -0.2) is 4.39 Å². The highest BCUT2D eigenvalue weighted by atomic mass is 32.1. The molecule has 1 fully saturated rings. The Kier molecular flexibility index (Phi) is 8.09. The molecule has 5 nitrogen and oxygen atoms in total. The summed E-state index contributed by atoms with van der Waals surface area (Å²) in [6.45, 7) is 0. The fourth-order valence-corrected chi connectivity index (χ4v) is 4.43. The molecule has 3 rings (SSSR count). The topological polar surface area (TPSA) is 67.4 Å². The molecule has 0 radical (unpaired) electrons. The van der Waals surface area contributed by atoms with Crippen LogP contribution in [0.15, 0.2) is 54.6 Å². The number of anilines is 1. The average Bonchev–Trinajstić information content (AvgIpc) is 2.80. The maximum atomic E-state index is 13.3. The normalized spacial score (nSPS) is 21.8. The number of ether oxygens (including phenoxy) is 1. The van der Waals surface area contributed by atoms with Crippen molar-refractivity contribution in [2.75, 3.05) is 18.2 Å². The fraction of sp³-hybridized carbons (Fsp3) is 0.417. The lowest BCUT2D eigenvalue weighted by molar-refractivity contribution is -0.136. The molecule has 7 heteroatoms. The third-order valence-electron chi connectivity index (χ3n) is 6.02. The van der Waals surface area contributed by atoms with Gasteiger partial charge in [0.2, 0.25) is 11.8 Å². The number of rotatable bonds is 8. The summed E-state index contributed by atoms with van der Waals surface area (Å²) < 4.78 is 18.6. The average molecular weight is 445 g/mol. The number of nitrogens with one attached hydrogen (secondary N) is 2. The third kappa shape index (κ3) is 6.08. The van der Waals surface area contributed by atoms with Crippen LogP contribution in [-0.4, -0.2) is 36.8 Å². The quantitative estimate of drug-likeness (QED) is 0.539. The van der Waals surface area contributed by atoms with Crippen LogP contribution in [0.25, 0.3) is 0 Å². The van der Waals surface area contributed by atoms with Crippen molar-refractivity contribution in [2.45, 2.75) is 44.2 Å². The van der Waals surface area contributed by atoms with Crippen LogP contribution < -0.4 is 10.6 Å². The van der Waals surface area contributed by atoms with Gasteiger partial charge in [-0.2, -0.15) is 12.6 Å². The van der Waals surface area contributed by atoms with Crippen LogP contribution in [-0.2, 0) is 20.7 Å². The Bertz CT molecular complexity index is 868. The Labute approximate surface area is 188 Å². The third-order valence-corrected chi connectivity index (χ3v) is 6.63. The molecule has 0 spiro atoms. The van der Waals surface area contributed by atoms with E-state index in [0.29, 0.717) is 30.7 Å². The first-order chi connectivity index (χ1) is 15.0. The Morgan fingerprint density at radius 1 is 1.13 bits per heavy atom. The first-order valence-electron chi connectivity index (χ1n) is 10.5. The van der Waals surface area contributed by atoms with Gasteiger partial charge in [0.15, 0.2) is 0 Å². The molecule has 1 aliphatic rings. The lowest BCUT2D eigenvalue weighted by Gasteiger charge is -2.38. The van der Waals surface area contributed by atoms with Gasteiger partial charge in [-0.3, -0.25) is 9.59 Å². The molecule has 2 N–H and O–H groups in total. The van der Waals surface area contributed by atoms with Crippen LogP contribution in [0, 0.1) is 11.2 Å². The van der Waals surface area contributed by atoms with Crippen LogP contribution >= 0.6 is 12.6 Å². The van der Waals surface area contributed by atoms with E-state index in [9.17, 15) is 14.0 Å². The van der Waals surface area contributed by atoms with Crippen LogP contribution in [0.3, 0.4) is 0 Å². The zero-order chi connectivity index (χ0) is 22.3. The first kappa shape index (κ1) is 23.3. The van der Waals surface area contributed by atoms with E-state index in [1.54, 1.807) is 7.11 Å². The second-order valence-electron chi connectivity index (χ2n) is 8.09. The smallest absolute Gasteiger partial charge is 0.247 e. The van der Waals surface area contributed by atoms with Crippen molar-refractivity contribution in [2.24, 2.45) is 5.41 Å². The molecule has 1 atom stereocenters. The van der Waals surface area contributed by atoms with Gasteiger partial charge in [0.25, 0.3) is 0 Å². The predicted molar refractivity (Wildman–Crippen MR) is 123 cm³/mol. The molecular formula is C24H29FN2O3S. The highest BCUT2D eigenvalue weighted by Gasteiger charge is 2.42. The molecule has 1 aliphatic carbocycles. The van der Waals surface area contributed by atoms with Crippen LogP contribution in [0.5, 0.6) is 0 Å². The number of hydrogen-bond donors (Lipinski definition) is 3. The van der Waals surface area contributed by atoms with E-state index in [2.05, 4.69) is 23.3 Å². The zero-order valence-electron chi connectivity index (χ0n) is 17.6. The van der Waals surface area contributed by atoms with Gasteiger partial charge in [0.1, 0.15) is 11.9 Å². The van der Waals surface area contributed by atoms with Crippen molar-refractivity contribution in [3.05, 3.63) is 66.0 Å². The van der Waals surface area contributed by atoms with Gasteiger partial charge in [-0.05, 0) is 55.5 Å². The molecule has 2 amide bonds. The minimum Gasteiger partial charge on any atom is -0.381 e. The number of benzene rings is 2. The summed E-state index contributed by atoms with van der Waals surface area (Å²) >= 11 is 4.47. The molecule has 0 saturated heterocycles. The second-order valence-corrected chi connectivity index (χ2v) is 8.40. The molecule has 1 saturated carbocycles. The molecule has 2 aromatic carbocycles. The van der Waals surface area contributed by atoms with Gasteiger partial charge >= 0.3 is 0 Å². The van der Waals surface area contributed by atoms with Crippen molar-refractivity contribution in [1.82, 2.24) is 5.32 Å². The van der Waals surface area contributed by atoms with Gasteiger partial charge in [-0.1, -0.05) is 30.3 Å². The van der Waals surface area contributed by atoms with Gasteiger partial charge in [0, 0.05) is 25.0 Å². The SMILES string of the molecule is COC1CCC(CS)(C(=O)N[C@@H](Cc2ccccc2)C(=O)Nc2ccc(F)cc2)CC1. The summed E-state index contributed by atoms with van der Waals surface area (Å²) in [4.78, 5) is 26.4. The summed E-state index contributed by atoms with van der Waals surface area (Å²) in [6.07, 6.45) is 3.41. The Morgan fingerprint density at radius 3 is 2.35 bits per heavy atom. The highest BCUT2D eigenvalue weighted by Crippen LogP contribution is 2.38. The standard InChI is InChI=1S/C24H29FN2O3S/c1-30-20-11-13-24(16-31,14-12-20)23(29)27-21(15-17-5-3-2-4-6-17)22(28)26-19-9-7-18(25)8-10-19/h2-10,20-21,31H,11-16H2,1H3,(H,26,28)(H,27,29)/t20?,21-,24?/m0/s1. The first-order valence-corrected chi connectivity index (χ1v) is 11.1. The summed E-state index contributed by atoms with van der Waals surface area (Å²) in [5, 5.41) is 5.76. The molecule has 0 bridgehead atoms. The van der Waals surface area contributed by atoms with E-state index in [0.717, 1.165) is 18.4 Å². The van der Waals surface area contributed by atoms with Crippen LogP contribution in [0.4, 0.5) is 10.1 Å². The Morgan fingerprint density at radius 2 is 1.77 bits per heavy atom. The summed E-state index contributed by atoms with van der Waals surface area (Å²) in [6, 6.07) is 14.3. The number of carbonyl (C=O) groups excluding carboxylic acids is 2. The molecular weight excluding hydrogens is 415 g/mol. The number of thiol groups is 1. The number of methoxy groups -OCH3 is 1. The minimum atomic E-state index is -0.767. The fourth-order valence-electron chi connectivity index (χ4n) is 3.97. The molecule has 0 heterocycles. The largest absolute Gasteiger partial charge is 0.381 e. The van der Waals surface area contributed by atoms with E-state index in [1.807, 2.05) is 30.3 Å². The van der Waals surface area contributed by atoms with Crippen LogP contribution in [0.1, 0.15) is 31.2 Å². The Hall–Kier alpha value is -2.38. The van der Waals surface area contributed by atoms with Crippen molar-refractivity contribution in [1.29, 1.82) is 0 Å². The maximum Gasteiger partial charge on any atom is 0.247 e. The highest BCUT2D eigenvalue weighted by molar-refractivity contribution is 7.80. The lowest BCUT2D eigenvalue weighted by atomic mass is 9.73. The number of hydrogen-bond acceptors (Lipinski definition) is 4. The maximum absolute atomic E-state index is 13.3. The summed E-state index contributed by atoms with van der Waals surface area (Å²) in [5.74, 6) is -0.474. The van der Waals surface area contributed by atoms with Gasteiger partial charge < -0.3 is 15.4 Å². The molecule has 0 aliphatic heterocycles. The number of halogens is 1. The monoisotopic (exact) mass is 444 g/mol. The van der Waals surface area contributed by atoms with Crippen molar-refractivity contribution in [3.63, 3.8) is 0 Å². The number of amides is 2. The molecule has 0 unspecified atom stereocenters. The lowest BCUT2D eigenvalue weighted by Crippen LogP contribution is -2.53. The predicted octanol–water partition coefficient (Wildman–Crippen LogP) is 4.00. The van der Waals surface area contributed by atoms with Crippen molar-refractivity contribution < 1.29 is 18.7 Å². The summed E-state index contributed by atoms with van der Waals surface area (Å²) in [5.41, 5.74) is 0.789. The molecule has 0 aromatic heterocycles. The molecule has 2 aromatic rings. The minimum absolute atomic E-state index is 0.155. The van der Waals surface area contributed by atoms with Gasteiger partial charge in [-0.15, -0.1) is 0 Å². The van der Waals surface area contributed by atoms with E-state index in [-0.39, 0.29) is 23.7 Å². The van der Waals surface area contributed by atoms with E-state index < -0.39 is 11.5 Å². The summed E-state index contributed by atoms with van der Waals surface area (Å²) in [7, 11) is 1.69.